The van der Waals surface area contributed by atoms with E-state index in [2.05, 4.69) is 13.8 Å². The molecule has 0 aliphatic heterocycles. The predicted molar refractivity (Wildman–Crippen MR) is 198 cm³/mol. The van der Waals surface area contributed by atoms with Gasteiger partial charge in [-0.25, -0.2) is 9.59 Å². The van der Waals surface area contributed by atoms with Gasteiger partial charge in [-0.2, -0.15) is 0 Å². The molecule has 1 aliphatic rings. The molecule has 0 radical (unpaired) electrons. The van der Waals surface area contributed by atoms with Gasteiger partial charge in [-0.15, -0.1) is 0 Å². The minimum Gasteiger partial charge on any atom is -0.260 e. The van der Waals surface area contributed by atoms with Crippen LogP contribution < -0.4 is 0 Å². The van der Waals surface area contributed by atoms with Crippen LogP contribution in [0.1, 0.15) is 245 Å². The van der Waals surface area contributed by atoms with Crippen molar-refractivity contribution in [2.75, 3.05) is 0 Å². The second-order valence-electron chi connectivity index (χ2n) is 15.0. The first-order valence-electron chi connectivity index (χ1n) is 21.3. The van der Waals surface area contributed by atoms with Crippen LogP contribution in [0.4, 0.5) is 0 Å². The van der Waals surface area contributed by atoms with E-state index in [0.717, 1.165) is 44.9 Å². The molecule has 0 spiro atoms. The van der Waals surface area contributed by atoms with Gasteiger partial charge < -0.3 is 0 Å². The van der Waals surface area contributed by atoms with Crippen molar-refractivity contribution < 1.29 is 24.4 Å². The molecule has 0 amide bonds. The molecule has 0 aromatic carbocycles. The molecule has 1 unspecified atom stereocenters. The number of carbonyl (C=O) groups is 2. The van der Waals surface area contributed by atoms with Gasteiger partial charge in [0.05, 0.1) is 5.92 Å². The van der Waals surface area contributed by atoms with Gasteiger partial charge in [0.25, 0.3) is 0 Å². The van der Waals surface area contributed by atoms with Crippen LogP contribution in [0.5, 0.6) is 0 Å². The first-order chi connectivity index (χ1) is 23.2. The van der Waals surface area contributed by atoms with E-state index >= 15 is 0 Å². The molecule has 1 fully saturated rings. The minimum atomic E-state index is -0.450. The topological polar surface area (TPSA) is 61.8 Å². The largest absolute Gasteiger partial charge is 0.349 e. The van der Waals surface area contributed by atoms with Crippen molar-refractivity contribution in [3.63, 3.8) is 0 Å². The van der Waals surface area contributed by atoms with Gasteiger partial charge in [-0.1, -0.05) is 213 Å². The molecule has 0 aromatic heterocycles. The van der Waals surface area contributed by atoms with Crippen LogP contribution in [0.3, 0.4) is 0 Å². The van der Waals surface area contributed by atoms with E-state index in [9.17, 15) is 9.59 Å². The van der Waals surface area contributed by atoms with Crippen LogP contribution in [0.2, 0.25) is 0 Å². The Morgan fingerprint density at radius 2 is 0.830 bits per heavy atom. The van der Waals surface area contributed by atoms with E-state index in [4.69, 9.17) is 14.8 Å². The molecule has 278 valence electrons. The molecular formula is C42H80O5. The Kier molecular flexibility index (Phi) is 32.5. The van der Waals surface area contributed by atoms with Gasteiger partial charge in [-0.05, 0) is 31.6 Å². The van der Waals surface area contributed by atoms with E-state index < -0.39 is 5.97 Å². The number of carbonyl (C=O) groups excluding carboxylic acids is 2. The first-order valence-corrected chi connectivity index (χ1v) is 21.3. The standard InChI is InChI=1S/C42H80O5/c1-3-5-7-9-11-13-15-17-19-21-23-25-27-29-34-38-41(43)45-47-46-42(44)40(39-35-31-30-32-36-39)37-33-28-26-24-22-20-18-16-14-12-10-8-6-4-2/h39-40H,3-38H2,1-2H3. The highest BCUT2D eigenvalue weighted by atomic mass is 17.5. The Balaban J connectivity index is 2.04. The number of rotatable bonds is 35. The summed E-state index contributed by atoms with van der Waals surface area (Å²) < 4.78 is 0. The first kappa shape index (κ1) is 43.9. The molecular weight excluding hydrogens is 584 g/mol. The van der Waals surface area contributed by atoms with Crippen molar-refractivity contribution in [1.29, 1.82) is 0 Å². The quantitative estimate of drug-likeness (QED) is 0.0383. The fourth-order valence-corrected chi connectivity index (χ4v) is 7.47. The summed E-state index contributed by atoms with van der Waals surface area (Å²) in [5.74, 6) is -0.597. The van der Waals surface area contributed by atoms with Crippen molar-refractivity contribution >= 4 is 11.9 Å². The second-order valence-corrected chi connectivity index (χ2v) is 15.0. The zero-order chi connectivity index (χ0) is 33.9. The third-order valence-electron chi connectivity index (χ3n) is 10.6. The van der Waals surface area contributed by atoms with Gasteiger partial charge in [0.2, 0.25) is 0 Å². The molecule has 5 heteroatoms. The lowest BCUT2D eigenvalue weighted by molar-refractivity contribution is -0.461. The highest BCUT2D eigenvalue weighted by Crippen LogP contribution is 2.34. The van der Waals surface area contributed by atoms with Gasteiger partial charge in [0, 0.05) is 11.5 Å². The number of hydrogen-bond acceptors (Lipinski definition) is 5. The van der Waals surface area contributed by atoms with Crippen molar-refractivity contribution in [1.82, 2.24) is 0 Å². The van der Waals surface area contributed by atoms with E-state index in [1.807, 2.05) is 0 Å². The Morgan fingerprint density at radius 3 is 1.23 bits per heavy atom. The maximum atomic E-state index is 13.0. The fraction of sp³-hybridized carbons (Fsp3) is 0.952. The van der Waals surface area contributed by atoms with Crippen molar-refractivity contribution in [2.45, 2.75) is 245 Å². The van der Waals surface area contributed by atoms with Crippen LogP contribution in [-0.2, 0) is 24.4 Å². The summed E-state index contributed by atoms with van der Waals surface area (Å²) >= 11 is 0. The Hall–Kier alpha value is -1.10. The Bertz CT molecular complexity index is 674. The monoisotopic (exact) mass is 665 g/mol. The minimum absolute atomic E-state index is 0.151. The summed E-state index contributed by atoms with van der Waals surface area (Å²) in [7, 11) is 0. The lowest BCUT2D eigenvalue weighted by Crippen LogP contribution is -2.28. The number of unbranched alkanes of at least 4 members (excludes halogenated alkanes) is 27. The van der Waals surface area contributed by atoms with Crippen molar-refractivity contribution in [2.24, 2.45) is 11.8 Å². The highest BCUT2D eigenvalue weighted by Gasteiger charge is 2.31. The maximum Gasteiger partial charge on any atom is 0.349 e. The predicted octanol–water partition coefficient (Wildman–Crippen LogP) is 14.2. The zero-order valence-corrected chi connectivity index (χ0v) is 31.7. The van der Waals surface area contributed by atoms with Crippen molar-refractivity contribution in [3.05, 3.63) is 0 Å². The van der Waals surface area contributed by atoms with Gasteiger partial charge in [0.1, 0.15) is 0 Å². The maximum absolute atomic E-state index is 13.0. The van der Waals surface area contributed by atoms with Crippen LogP contribution in [0, 0.1) is 11.8 Å². The second kappa shape index (κ2) is 34.8. The van der Waals surface area contributed by atoms with Crippen molar-refractivity contribution in [3.8, 4) is 0 Å². The smallest absolute Gasteiger partial charge is 0.260 e. The molecule has 0 N–H and O–H groups in total. The van der Waals surface area contributed by atoms with Gasteiger partial charge in [0.15, 0.2) is 0 Å². The normalized spacial score (nSPS) is 14.3. The van der Waals surface area contributed by atoms with Crippen LogP contribution in [0.25, 0.3) is 0 Å². The molecule has 1 atom stereocenters. The molecule has 47 heavy (non-hydrogen) atoms. The fourth-order valence-electron chi connectivity index (χ4n) is 7.47. The van der Waals surface area contributed by atoms with E-state index in [0.29, 0.717) is 12.3 Å². The molecule has 0 saturated heterocycles. The average Bonchev–Trinajstić information content (AvgIpc) is 3.08. The molecule has 5 nitrogen and oxygen atoms in total. The summed E-state index contributed by atoms with van der Waals surface area (Å²) in [5.41, 5.74) is 0. The lowest BCUT2D eigenvalue weighted by Gasteiger charge is -2.28. The van der Waals surface area contributed by atoms with E-state index in [1.165, 1.54) is 180 Å². The SMILES string of the molecule is CCCCCCCCCCCCCCCCCC(=O)OOOC(=O)C(CCCCCCCCCCCCCCCC)C1CCCCC1. The van der Waals surface area contributed by atoms with E-state index in [1.54, 1.807) is 0 Å². The van der Waals surface area contributed by atoms with E-state index in [-0.39, 0.29) is 11.9 Å². The summed E-state index contributed by atoms with van der Waals surface area (Å²) in [6.07, 6.45) is 44.9. The zero-order valence-electron chi connectivity index (χ0n) is 31.7. The molecule has 1 rings (SSSR count). The van der Waals surface area contributed by atoms with Crippen LogP contribution in [0.15, 0.2) is 0 Å². The Labute approximate surface area is 292 Å². The molecule has 0 heterocycles. The highest BCUT2D eigenvalue weighted by molar-refractivity contribution is 5.72. The van der Waals surface area contributed by atoms with Gasteiger partial charge in [-0.3, -0.25) is 9.78 Å². The summed E-state index contributed by atoms with van der Waals surface area (Å²) in [5, 5.41) is 4.73. The summed E-state index contributed by atoms with van der Waals surface area (Å²) in [4.78, 5) is 34.9. The lowest BCUT2D eigenvalue weighted by atomic mass is 9.78. The molecule has 0 bridgehead atoms. The molecule has 1 saturated carbocycles. The average molecular weight is 665 g/mol. The third kappa shape index (κ3) is 28.4. The summed E-state index contributed by atoms with van der Waals surface area (Å²) in [6.45, 7) is 4.55. The third-order valence-corrected chi connectivity index (χ3v) is 10.6. The number of hydrogen-bond donors (Lipinski definition) is 0. The Morgan fingerprint density at radius 1 is 0.468 bits per heavy atom. The summed E-state index contributed by atoms with van der Waals surface area (Å²) in [6, 6.07) is 0. The van der Waals surface area contributed by atoms with Crippen LogP contribution in [-0.4, -0.2) is 11.9 Å². The van der Waals surface area contributed by atoms with Crippen LogP contribution >= 0.6 is 0 Å². The molecule has 0 aromatic rings. The van der Waals surface area contributed by atoms with Gasteiger partial charge >= 0.3 is 11.9 Å². The molecule has 1 aliphatic carbocycles.